The summed E-state index contributed by atoms with van der Waals surface area (Å²) in [4.78, 5) is 32.9. The van der Waals surface area contributed by atoms with Gasteiger partial charge in [-0.15, -0.1) is 0 Å². The molecule has 0 saturated heterocycles. The Morgan fingerprint density at radius 3 is 2.36 bits per heavy atom. The second-order valence-corrected chi connectivity index (χ2v) is 8.44. The summed E-state index contributed by atoms with van der Waals surface area (Å²) in [5, 5.41) is 16.4. The Bertz CT molecular complexity index is 1410. The van der Waals surface area contributed by atoms with Crippen LogP contribution in [0.15, 0.2) is 67.4 Å². The average Bonchev–Trinajstić information content (AvgIpc) is 2.96. The van der Waals surface area contributed by atoms with E-state index < -0.39 is 6.09 Å². The van der Waals surface area contributed by atoms with Gasteiger partial charge < -0.3 is 25.4 Å². The SMILES string of the molecule is CCN(CC)c1cc(Nc2ncc(-c3cncnc3)c(Nc3ccccc3OC)n2)ccc1N(CC)C(=O)O. The normalized spacial score (nSPS) is 10.6. The summed E-state index contributed by atoms with van der Waals surface area (Å²) in [6.45, 7) is 7.67. The molecule has 0 radical (unpaired) electrons. The lowest BCUT2D eigenvalue weighted by Gasteiger charge is -2.28. The van der Waals surface area contributed by atoms with Gasteiger partial charge in [0.2, 0.25) is 5.95 Å². The lowest BCUT2D eigenvalue weighted by Crippen LogP contribution is -2.32. The van der Waals surface area contributed by atoms with Crippen LogP contribution in [0.4, 0.5) is 39.3 Å². The maximum atomic E-state index is 11.9. The molecule has 4 rings (SSSR count). The molecule has 0 aliphatic carbocycles. The summed E-state index contributed by atoms with van der Waals surface area (Å²) >= 11 is 0. The molecule has 0 fully saturated rings. The van der Waals surface area contributed by atoms with E-state index in [1.807, 2.05) is 57.2 Å². The molecule has 0 atom stereocenters. The highest BCUT2D eigenvalue weighted by Gasteiger charge is 2.20. The Hall–Kier alpha value is -4.93. The predicted octanol–water partition coefficient (Wildman–Crippen LogP) is 5.78. The molecule has 4 aromatic rings. The molecule has 0 saturated carbocycles. The fourth-order valence-electron chi connectivity index (χ4n) is 4.25. The summed E-state index contributed by atoms with van der Waals surface area (Å²) in [5.74, 6) is 1.56. The number of nitrogens with one attached hydrogen (secondary N) is 2. The largest absolute Gasteiger partial charge is 0.495 e. The summed E-state index contributed by atoms with van der Waals surface area (Å²) in [6, 6.07) is 13.1. The number of nitrogens with zero attached hydrogens (tertiary/aromatic N) is 6. The van der Waals surface area contributed by atoms with Gasteiger partial charge in [-0.1, -0.05) is 12.1 Å². The number of anilines is 6. The van der Waals surface area contributed by atoms with Crippen molar-refractivity contribution in [3.8, 4) is 16.9 Å². The molecule has 202 valence electrons. The van der Waals surface area contributed by atoms with Gasteiger partial charge in [0.05, 0.1) is 24.2 Å². The van der Waals surface area contributed by atoms with E-state index in [9.17, 15) is 9.90 Å². The lowest BCUT2D eigenvalue weighted by atomic mass is 10.1. The standard InChI is InChI=1S/C28H32N8O3/c1-5-35(6-2)24-14-20(12-13-23(24)36(7-3)28(37)38)32-27-31-17-21(19-15-29-18-30-16-19)26(34-27)33-22-10-8-9-11-25(22)39-4/h8-18H,5-7H2,1-4H3,(H,37,38)(H2,31,32,33,34). The molecule has 11 nitrogen and oxygen atoms in total. The highest BCUT2D eigenvalue weighted by Crippen LogP contribution is 2.35. The number of carboxylic acid groups (broad SMARTS) is 1. The second-order valence-electron chi connectivity index (χ2n) is 8.44. The van der Waals surface area contributed by atoms with Crippen molar-refractivity contribution in [2.75, 3.05) is 47.2 Å². The van der Waals surface area contributed by atoms with Crippen LogP contribution in [0.5, 0.6) is 5.75 Å². The smallest absolute Gasteiger partial charge is 0.411 e. The molecule has 0 unspecified atom stereocenters. The topological polar surface area (TPSA) is 129 Å². The van der Waals surface area contributed by atoms with Gasteiger partial charge in [0.15, 0.2) is 0 Å². The molecule has 11 heteroatoms. The minimum absolute atomic E-state index is 0.335. The first-order valence-corrected chi connectivity index (χ1v) is 12.7. The van der Waals surface area contributed by atoms with Crippen LogP contribution in [0.1, 0.15) is 20.8 Å². The Kier molecular flexibility index (Phi) is 8.72. The van der Waals surface area contributed by atoms with Crippen LogP contribution in [-0.2, 0) is 0 Å². The molecule has 1 amide bonds. The van der Waals surface area contributed by atoms with Gasteiger partial charge in [-0.05, 0) is 51.1 Å². The average molecular weight is 529 g/mol. The highest BCUT2D eigenvalue weighted by atomic mass is 16.5. The van der Waals surface area contributed by atoms with Gasteiger partial charge >= 0.3 is 6.09 Å². The zero-order chi connectivity index (χ0) is 27.8. The molecule has 3 N–H and O–H groups in total. The summed E-state index contributed by atoms with van der Waals surface area (Å²) in [5.41, 5.74) is 4.36. The molecular formula is C28H32N8O3. The van der Waals surface area contributed by atoms with Crippen molar-refractivity contribution in [1.29, 1.82) is 0 Å². The van der Waals surface area contributed by atoms with Crippen molar-refractivity contribution >= 4 is 40.6 Å². The van der Waals surface area contributed by atoms with Crippen molar-refractivity contribution in [3.05, 3.63) is 67.4 Å². The third kappa shape index (κ3) is 6.15. The van der Waals surface area contributed by atoms with Gasteiger partial charge in [0.1, 0.15) is 17.9 Å². The molecular weight excluding hydrogens is 496 g/mol. The van der Waals surface area contributed by atoms with E-state index in [4.69, 9.17) is 9.72 Å². The van der Waals surface area contributed by atoms with Gasteiger partial charge in [-0.3, -0.25) is 4.90 Å². The van der Waals surface area contributed by atoms with Crippen LogP contribution >= 0.6 is 0 Å². The van der Waals surface area contributed by atoms with E-state index in [1.165, 1.54) is 11.2 Å². The Morgan fingerprint density at radius 1 is 0.949 bits per heavy atom. The lowest BCUT2D eigenvalue weighted by molar-refractivity contribution is 0.202. The Labute approximate surface area is 227 Å². The number of methoxy groups -OCH3 is 1. The van der Waals surface area contributed by atoms with Gasteiger partial charge in [0, 0.05) is 55.0 Å². The third-order valence-electron chi connectivity index (χ3n) is 6.19. The minimum Gasteiger partial charge on any atom is -0.495 e. The Balaban J connectivity index is 1.74. The van der Waals surface area contributed by atoms with Crippen molar-refractivity contribution < 1.29 is 14.6 Å². The van der Waals surface area contributed by atoms with Crippen LogP contribution in [0.2, 0.25) is 0 Å². The minimum atomic E-state index is -0.998. The first-order valence-electron chi connectivity index (χ1n) is 12.7. The van der Waals surface area contributed by atoms with Crippen molar-refractivity contribution in [2.45, 2.75) is 20.8 Å². The molecule has 0 bridgehead atoms. The number of para-hydroxylation sites is 2. The molecule has 0 aliphatic rings. The highest BCUT2D eigenvalue weighted by molar-refractivity contribution is 5.92. The first kappa shape index (κ1) is 27.1. The third-order valence-corrected chi connectivity index (χ3v) is 6.19. The quantitative estimate of drug-likeness (QED) is 0.220. The summed E-state index contributed by atoms with van der Waals surface area (Å²) < 4.78 is 5.51. The number of benzene rings is 2. The molecule has 39 heavy (non-hydrogen) atoms. The second kappa shape index (κ2) is 12.5. The van der Waals surface area contributed by atoms with E-state index in [0.717, 1.165) is 35.7 Å². The van der Waals surface area contributed by atoms with E-state index in [1.54, 1.807) is 31.8 Å². The molecule has 2 aromatic heterocycles. The number of hydrogen-bond donors (Lipinski definition) is 3. The van der Waals surface area contributed by atoms with Gasteiger partial charge in [0.25, 0.3) is 0 Å². The summed E-state index contributed by atoms with van der Waals surface area (Å²) in [6.07, 6.45) is 5.57. The zero-order valence-electron chi connectivity index (χ0n) is 22.4. The maximum absolute atomic E-state index is 11.9. The zero-order valence-corrected chi connectivity index (χ0v) is 22.4. The molecule has 2 heterocycles. The van der Waals surface area contributed by atoms with E-state index in [-0.39, 0.29) is 0 Å². The maximum Gasteiger partial charge on any atom is 0.411 e. The predicted molar refractivity (Wildman–Crippen MR) is 154 cm³/mol. The van der Waals surface area contributed by atoms with Crippen molar-refractivity contribution in [2.24, 2.45) is 0 Å². The van der Waals surface area contributed by atoms with Crippen LogP contribution in [0.25, 0.3) is 11.1 Å². The molecule has 2 aromatic carbocycles. The van der Waals surface area contributed by atoms with Crippen LogP contribution in [0.3, 0.4) is 0 Å². The number of rotatable bonds is 11. The molecule has 0 spiro atoms. The fraction of sp³-hybridized carbons (Fsp3) is 0.250. The number of amides is 1. The fourth-order valence-corrected chi connectivity index (χ4v) is 4.25. The summed E-state index contributed by atoms with van der Waals surface area (Å²) in [7, 11) is 1.61. The van der Waals surface area contributed by atoms with Crippen LogP contribution < -0.4 is 25.2 Å². The van der Waals surface area contributed by atoms with E-state index in [2.05, 4.69) is 30.5 Å². The molecule has 0 aliphatic heterocycles. The number of aromatic nitrogens is 4. The van der Waals surface area contributed by atoms with E-state index in [0.29, 0.717) is 35.3 Å². The number of carbonyl (C=O) groups is 1. The Morgan fingerprint density at radius 2 is 1.69 bits per heavy atom. The first-order chi connectivity index (χ1) is 19.0. The number of hydrogen-bond acceptors (Lipinski definition) is 9. The van der Waals surface area contributed by atoms with Gasteiger partial charge in [-0.25, -0.2) is 19.7 Å². The monoisotopic (exact) mass is 528 g/mol. The van der Waals surface area contributed by atoms with Crippen LogP contribution in [0, 0.1) is 0 Å². The van der Waals surface area contributed by atoms with Crippen molar-refractivity contribution in [1.82, 2.24) is 19.9 Å². The number of ether oxygens (including phenoxy) is 1. The van der Waals surface area contributed by atoms with E-state index >= 15 is 0 Å². The van der Waals surface area contributed by atoms with Crippen LogP contribution in [-0.4, -0.2) is 57.9 Å². The van der Waals surface area contributed by atoms with Gasteiger partial charge in [-0.2, -0.15) is 4.98 Å². The van der Waals surface area contributed by atoms with Crippen molar-refractivity contribution in [3.63, 3.8) is 0 Å².